The molecule has 2 rings (SSSR count). The van der Waals surface area contributed by atoms with Crippen LogP contribution in [0.3, 0.4) is 0 Å². The standard InChI is InChI=1S/C16H12F2N2OS/c17-14-5-4-13(9-15(14)18)22-7-6-16(21)20-12-3-1-2-11(8-12)10-19/h1-5,8-9H,6-7H2,(H,20,21). The van der Waals surface area contributed by atoms with Crippen LogP contribution in [0.5, 0.6) is 0 Å². The van der Waals surface area contributed by atoms with Gasteiger partial charge in [-0.15, -0.1) is 11.8 Å². The van der Waals surface area contributed by atoms with Crippen LogP contribution in [0, 0.1) is 23.0 Å². The minimum absolute atomic E-state index is 0.204. The van der Waals surface area contributed by atoms with E-state index in [4.69, 9.17) is 5.26 Å². The topological polar surface area (TPSA) is 52.9 Å². The molecule has 0 aliphatic heterocycles. The second-order valence-corrected chi connectivity index (χ2v) is 5.58. The molecule has 0 aliphatic rings. The number of carbonyl (C=O) groups excluding carboxylic acids is 1. The van der Waals surface area contributed by atoms with Crippen LogP contribution in [-0.2, 0) is 4.79 Å². The van der Waals surface area contributed by atoms with Gasteiger partial charge in [0.25, 0.3) is 0 Å². The summed E-state index contributed by atoms with van der Waals surface area (Å²) in [5, 5.41) is 11.5. The van der Waals surface area contributed by atoms with E-state index in [0.29, 0.717) is 21.9 Å². The third-order valence-corrected chi connectivity index (χ3v) is 3.76. The lowest BCUT2D eigenvalue weighted by Gasteiger charge is -2.05. The molecule has 6 heteroatoms. The number of nitrogens with one attached hydrogen (secondary N) is 1. The molecule has 0 fully saturated rings. The van der Waals surface area contributed by atoms with Crippen molar-refractivity contribution in [3.8, 4) is 6.07 Å². The van der Waals surface area contributed by atoms with Crippen LogP contribution in [0.4, 0.5) is 14.5 Å². The summed E-state index contributed by atoms with van der Waals surface area (Å²) >= 11 is 1.27. The van der Waals surface area contributed by atoms with Crippen LogP contribution >= 0.6 is 11.8 Å². The van der Waals surface area contributed by atoms with Gasteiger partial charge >= 0.3 is 0 Å². The Hall–Kier alpha value is -2.39. The number of halogens is 2. The van der Waals surface area contributed by atoms with E-state index in [2.05, 4.69) is 5.32 Å². The van der Waals surface area contributed by atoms with Crippen molar-refractivity contribution in [1.29, 1.82) is 5.26 Å². The summed E-state index contributed by atoms with van der Waals surface area (Å²) in [7, 11) is 0. The number of nitrogens with zero attached hydrogens (tertiary/aromatic N) is 1. The number of thioether (sulfide) groups is 1. The molecule has 0 saturated carbocycles. The normalized spacial score (nSPS) is 10.0. The summed E-state index contributed by atoms with van der Waals surface area (Å²) in [6, 6.07) is 12.2. The Bertz CT molecular complexity index is 728. The lowest BCUT2D eigenvalue weighted by Crippen LogP contribution is -2.12. The smallest absolute Gasteiger partial charge is 0.225 e. The maximum absolute atomic E-state index is 13.0. The number of carbonyl (C=O) groups is 1. The summed E-state index contributed by atoms with van der Waals surface area (Å²) in [6.07, 6.45) is 0.223. The van der Waals surface area contributed by atoms with Crippen molar-refractivity contribution in [2.75, 3.05) is 11.1 Å². The third-order valence-electron chi connectivity index (χ3n) is 2.76. The molecule has 112 valence electrons. The highest BCUT2D eigenvalue weighted by Gasteiger charge is 2.06. The second kappa shape index (κ2) is 7.57. The SMILES string of the molecule is N#Cc1cccc(NC(=O)CCSc2ccc(F)c(F)c2)c1. The van der Waals surface area contributed by atoms with Gasteiger partial charge < -0.3 is 5.32 Å². The first-order valence-corrected chi connectivity index (χ1v) is 7.45. The van der Waals surface area contributed by atoms with Crippen molar-refractivity contribution < 1.29 is 13.6 Å². The van der Waals surface area contributed by atoms with Gasteiger partial charge in [0.2, 0.25) is 5.91 Å². The number of benzene rings is 2. The fraction of sp³-hybridized carbons (Fsp3) is 0.125. The number of rotatable bonds is 5. The van der Waals surface area contributed by atoms with E-state index in [-0.39, 0.29) is 12.3 Å². The van der Waals surface area contributed by atoms with E-state index >= 15 is 0 Å². The first-order valence-electron chi connectivity index (χ1n) is 6.46. The van der Waals surface area contributed by atoms with Crippen LogP contribution in [0.1, 0.15) is 12.0 Å². The van der Waals surface area contributed by atoms with E-state index in [1.165, 1.54) is 17.8 Å². The van der Waals surface area contributed by atoms with Crippen molar-refractivity contribution in [1.82, 2.24) is 0 Å². The number of hydrogen-bond acceptors (Lipinski definition) is 3. The van der Waals surface area contributed by atoms with E-state index in [0.717, 1.165) is 12.1 Å². The van der Waals surface area contributed by atoms with Gasteiger partial charge in [0.05, 0.1) is 11.6 Å². The average molecular weight is 318 g/mol. The average Bonchev–Trinajstić information content (AvgIpc) is 2.51. The van der Waals surface area contributed by atoms with Crippen molar-refractivity contribution >= 4 is 23.4 Å². The Kier molecular flexibility index (Phi) is 5.50. The van der Waals surface area contributed by atoms with Crippen LogP contribution in [0.15, 0.2) is 47.4 Å². The van der Waals surface area contributed by atoms with Gasteiger partial charge in [-0.25, -0.2) is 8.78 Å². The minimum Gasteiger partial charge on any atom is -0.326 e. The van der Waals surface area contributed by atoms with E-state index in [9.17, 15) is 13.6 Å². The molecule has 2 aromatic rings. The number of hydrogen-bond donors (Lipinski definition) is 1. The largest absolute Gasteiger partial charge is 0.326 e. The summed E-state index contributed by atoms with van der Waals surface area (Å²) < 4.78 is 25.8. The Morgan fingerprint density at radius 2 is 2.00 bits per heavy atom. The van der Waals surface area contributed by atoms with Crippen LogP contribution in [0.2, 0.25) is 0 Å². The van der Waals surface area contributed by atoms with Crippen LogP contribution in [0.25, 0.3) is 0 Å². The molecule has 0 aliphatic carbocycles. The first kappa shape index (κ1) is 16.0. The Morgan fingerprint density at radius 1 is 1.18 bits per heavy atom. The summed E-state index contributed by atoms with van der Waals surface area (Å²) in [6.45, 7) is 0. The zero-order chi connectivity index (χ0) is 15.9. The Morgan fingerprint density at radius 3 is 2.73 bits per heavy atom. The van der Waals surface area contributed by atoms with Gasteiger partial charge in [0, 0.05) is 22.8 Å². The van der Waals surface area contributed by atoms with E-state index in [1.807, 2.05) is 6.07 Å². The lowest BCUT2D eigenvalue weighted by atomic mass is 10.2. The Labute approximate surface area is 131 Å². The monoisotopic (exact) mass is 318 g/mol. The van der Waals surface area contributed by atoms with Gasteiger partial charge in [-0.05, 0) is 36.4 Å². The van der Waals surface area contributed by atoms with Gasteiger partial charge in [-0.1, -0.05) is 6.07 Å². The minimum atomic E-state index is -0.900. The molecule has 3 nitrogen and oxygen atoms in total. The van der Waals surface area contributed by atoms with Crippen molar-refractivity contribution in [2.45, 2.75) is 11.3 Å². The molecule has 2 aromatic carbocycles. The quantitative estimate of drug-likeness (QED) is 0.849. The highest BCUT2D eigenvalue weighted by atomic mass is 32.2. The molecular weight excluding hydrogens is 306 g/mol. The van der Waals surface area contributed by atoms with E-state index in [1.54, 1.807) is 24.3 Å². The zero-order valence-corrected chi connectivity index (χ0v) is 12.3. The van der Waals surface area contributed by atoms with Gasteiger partial charge in [0.1, 0.15) is 0 Å². The Balaban J connectivity index is 1.82. The van der Waals surface area contributed by atoms with Crippen LogP contribution in [-0.4, -0.2) is 11.7 Å². The molecule has 0 aromatic heterocycles. The molecule has 0 heterocycles. The highest BCUT2D eigenvalue weighted by molar-refractivity contribution is 7.99. The van der Waals surface area contributed by atoms with Gasteiger partial charge in [-0.2, -0.15) is 5.26 Å². The summed E-state index contributed by atoms with van der Waals surface area (Å²) in [4.78, 5) is 12.3. The molecule has 0 unspecified atom stereocenters. The predicted octanol–water partition coefficient (Wildman–Crippen LogP) is 3.96. The highest BCUT2D eigenvalue weighted by Crippen LogP contribution is 2.21. The molecule has 0 saturated heterocycles. The lowest BCUT2D eigenvalue weighted by molar-refractivity contribution is -0.115. The van der Waals surface area contributed by atoms with Gasteiger partial charge in [-0.3, -0.25) is 4.79 Å². The van der Waals surface area contributed by atoms with Crippen molar-refractivity contribution in [3.05, 3.63) is 59.7 Å². The number of nitriles is 1. The maximum atomic E-state index is 13.0. The molecule has 0 spiro atoms. The van der Waals surface area contributed by atoms with E-state index < -0.39 is 11.6 Å². The number of anilines is 1. The summed E-state index contributed by atoms with van der Waals surface area (Å²) in [5.74, 6) is -1.55. The van der Waals surface area contributed by atoms with Gasteiger partial charge in [0.15, 0.2) is 11.6 Å². The zero-order valence-electron chi connectivity index (χ0n) is 11.5. The number of amides is 1. The predicted molar refractivity (Wildman–Crippen MR) is 81.5 cm³/mol. The van der Waals surface area contributed by atoms with Crippen molar-refractivity contribution in [2.24, 2.45) is 0 Å². The first-order chi connectivity index (χ1) is 10.6. The third kappa shape index (κ3) is 4.57. The second-order valence-electron chi connectivity index (χ2n) is 4.42. The van der Waals surface area contributed by atoms with Crippen LogP contribution < -0.4 is 5.32 Å². The molecular formula is C16H12F2N2OS. The fourth-order valence-corrected chi connectivity index (χ4v) is 2.59. The summed E-state index contributed by atoms with van der Waals surface area (Å²) in [5.41, 5.74) is 1.02. The molecule has 0 bridgehead atoms. The molecule has 22 heavy (non-hydrogen) atoms. The maximum Gasteiger partial charge on any atom is 0.225 e. The molecule has 1 amide bonds. The molecule has 1 N–H and O–H groups in total. The molecule has 0 radical (unpaired) electrons. The fourth-order valence-electron chi connectivity index (χ4n) is 1.72. The molecule has 0 atom stereocenters. The van der Waals surface area contributed by atoms with Crippen molar-refractivity contribution in [3.63, 3.8) is 0 Å².